The third-order valence-corrected chi connectivity index (χ3v) is 8.95. The van der Waals surface area contributed by atoms with E-state index in [-0.39, 0.29) is 32.5 Å². The van der Waals surface area contributed by atoms with Crippen LogP contribution in [0.25, 0.3) is 0 Å². The summed E-state index contributed by atoms with van der Waals surface area (Å²) in [6.07, 6.45) is 2.49. The SMILES string of the molecule is C[C@@H](NC(=O)c1scc(S(=O)(=O)c2ccc(Cl)cc2)c1N)[C@](O)(Cn1cncn1)c1ccc(F)cc1F. The molecule has 2 aromatic heterocycles. The first-order valence-electron chi connectivity index (χ1n) is 10.6. The third kappa shape index (κ3) is 5.21. The highest BCUT2D eigenvalue weighted by Gasteiger charge is 2.40. The van der Waals surface area contributed by atoms with E-state index in [2.05, 4.69) is 15.4 Å². The maximum absolute atomic E-state index is 14.7. The smallest absolute Gasteiger partial charge is 0.263 e. The molecule has 0 radical (unpaired) electrons. The van der Waals surface area contributed by atoms with Gasteiger partial charge < -0.3 is 16.2 Å². The first kappa shape index (κ1) is 26.7. The van der Waals surface area contributed by atoms with Crippen molar-refractivity contribution in [2.24, 2.45) is 0 Å². The Hall–Kier alpha value is -3.39. The monoisotopic (exact) mass is 567 g/mol. The molecule has 0 unspecified atom stereocenters. The van der Waals surface area contributed by atoms with Gasteiger partial charge in [0.05, 0.1) is 23.2 Å². The van der Waals surface area contributed by atoms with E-state index in [1.807, 2.05) is 0 Å². The second-order valence-electron chi connectivity index (χ2n) is 8.14. The van der Waals surface area contributed by atoms with Crippen LogP contribution in [0.15, 0.2) is 70.3 Å². The predicted octanol–water partition coefficient (Wildman–Crippen LogP) is 3.39. The molecule has 0 aliphatic carbocycles. The molecule has 1 amide bonds. The molecule has 4 N–H and O–H groups in total. The van der Waals surface area contributed by atoms with E-state index in [1.165, 1.54) is 53.9 Å². The lowest BCUT2D eigenvalue weighted by Crippen LogP contribution is -2.51. The number of carbonyl (C=O) groups is 1. The standard InChI is InChI=1S/C23H20ClF2N5O4S2/c1-13(23(33,10-31-12-28-11-29-31)17-7-4-15(25)8-18(17)26)30-22(32)21-20(27)19(9-36-21)37(34,35)16-5-2-14(24)3-6-16/h2-9,11-13,33H,10,27H2,1H3,(H,30,32)/t13-,23-/m1/s1. The topological polar surface area (TPSA) is 140 Å². The van der Waals surface area contributed by atoms with Crippen molar-refractivity contribution in [2.45, 2.75) is 34.9 Å². The van der Waals surface area contributed by atoms with Gasteiger partial charge >= 0.3 is 0 Å². The number of nitrogens with one attached hydrogen (secondary N) is 1. The summed E-state index contributed by atoms with van der Waals surface area (Å²) in [6.45, 7) is 1.07. The molecule has 0 fully saturated rings. The number of carbonyl (C=O) groups excluding carboxylic acids is 1. The molecule has 0 saturated heterocycles. The summed E-state index contributed by atoms with van der Waals surface area (Å²) in [6, 6.07) is 6.94. The lowest BCUT2D eigenvalue weighted by Gasteiger charge is -2.35. The van der Waals surface area contributed by atoms with Crippen LogP contribution in [0, 0.1) is 11.6 Å². The van der Waals surface area contributed by atoms with Gasteiger partial charge in [0.25, 0.3) is 5.91 Å². The number of hydrogen-bond donors (Lipinski definition) is 3. The molecule has 2 heterocycles. The summed E-state index contributed by atoms with van der Waals surface area (Å²) in [5, 5.41) is 19.6. The Labute approximate surface area is 219 Å². The molecule has 0 spiro atoms. The maximum Gasteiger partial charge on any atom is 0.263 e. The van der Waals surface area contributed by atoms with Crippen LogP contribution in [0.2, 0.25) is 5.02 Å². The number of anilines is 1. The van der Waals surface area contributed by atoms with Crippen molar-refractivity contribution in [3.63, 3.8) is 0 Å². The molecule has 0 saturated carbocycles. The number of sulfone groups is 1. The first-order valence-corrected chi connectivity index (χ1v) is 13.4. The fourth-order valence-corrected chi connectivity index (χ4v) is 6.45. The molecule has 0 aliphatic rings. The molecule has 2 aromatic carbocycles. The van der Waals surface area contributed by atoms with Crippen LogP contribution in [-0.2, 0) is 22.0 Å². The number of benzene rings is 2. The van der Waals surface area contributed by atoms with Gasteiger partial charge in [-0.25, -0.2) is 26.9 Å². The highest BCUT2D eigenvalue weighted by molar-refractivity contribution is 7.91. The summed E-state index contributed by atoms with van der Waals surface area (Å²) < 4.78 is 55.6. The van der Waals surface area contributed by atoms with E-state index in [9.17, 15) is 27.1 Å². The Morgan fingerprint density at radius 1 is 1.27 bits per heavy atom. The van der Waals surface area contributed by atoms with E-state index in [0.29, 0.717) is 11.1 Å². The Balaban J connectivity index is 1.65. The van der Waals surface area contributed by atoms with Gasteiger partial charge in [-0.3, -0.25) is 4.79 Å². The minimum atomic E-state index is -4.05. The number of aromatic nitrogens is 3. The van der Waals surface area contributed by atoms with Crippen LogP contribution < -0.4 is 11.1 Å². The molecule has 2 atom stereocenters. The van der Waals surface area contributed by atoms with Gasteiger partial charge in [-0.1, -0.05) is 17.7 Å². The Morgan fingerprint density at radius 3 is 2.59 bits per heavy atom. The van der Waals surface area contributed by atoms with E-state index < -0.39 is 39.0 Å². The average molecular weight is 568 g/mol. The van der Waals surface area contributed by atoms with E-state index in [0.717, 1.165) is 23.5 Å². The largest absolute Gasteiger partial charge is 0.396 e. The van der Waals surface area contributed by atoms with Crippen LogP contribution in [0.1, 0.15) is 22.2 Å². The molecule has 37 heavy (non-hydrogen) atoms. The van der Waals surface area contributed by atoms with Crippen molar-refractivity contribution in [3.8, 4) is 0 Å². The minimum Gasteiger partial charge on any atom is -0.396 e. The lowest BCUT2D eigenvalue weighted by atomic mass is 9.86. The highest BCUT2D eigenvalue weighted by Crippen LogP contribution is 2.35. The summed E-state index contributed by atoms with van der Waals surface area (Å²) in [7, 11) is -4.05. The van der Waals surface area contributed by atoms with Crippen molar-refractivity contribution in [3.05, 3.63) is 87.6 Å². The minimum absolute atomic E-state index is 0.0595. The maximum atomic E-state index is 14.7. The number of nitrogens with two attached hydrogens (primary N) is 1. The number of amides is 1. The van der Waals surface area contributed by atoms with Crippen molar-refractivity contribution in [2.75, 3.05) is 5.73 Å². The number of thiophene rings is 1. The van der Waals surface area contributed by atoms with Crippen LogP contribution in [0.4, 0.5) is 14.5 Å². The Bertz CT molecular complexity index is 1550. The van der Waals surface area contributed by atoms with Crippen molar-refractivity contribution < 1.29 is 27.1 Å². The van der Waals surface area contributed by atoms with E-state index in [4.69, 9.17) is 17.3 Å². The highest BCUT2D eigenvalue weighted by atomic mass is 35.5. The van der Waals surface area contributed by atoms with Crippen LogP contribution in [0.3, 0.4) is 0 Å². The number of halogens is 3. The Morgan fingerprint density at radius 2 is 1.97 bits per heavy atom. The molecule has 0 bridgehead atoms. The van der Waals surface area contributed by atoms with Gasteiger partial charge in [0.1, 0.15) is 39.7 Å². The lowest BCUT2D eigenvalue weighted by molar-refractivity contribution is -0.0185. The molecule has 14 heteroatoms. The number of nitrogens with zero attached hydrogens (tertiary/aromatic N) is 3. The number of aliphatic hydroxyl groups is 1. The van der Waals surface area contributed by atoms with E-state index >= 15 is 0 Å². The Kier molecular flexibility index (Phi) is 7.33. The summed E-state index contributed by atoms with van der Waals surface area (Å²) in [4.78, 5) is 16.5. The van der Waals surface area contributed by atoms with Crippen LogP contribution in [-0.4, -0.2) is 40.2 Å². The normalized spacial score (nSPS) is 14.2. The number of rotatable bonds is 8. The zero-order valence-corrected chi connectivity index (χ0v) is 21.5. The summed E-state index contributed by atoms with van der Waals surface area (Å²) >= 11 is 6.63. The molecule has 194 valence electrons. The molecular weight excluding hydrogens is 548 g/mol. The molecule has 9 nitrogen and oxygen atoms in total. The van der Waals surface area contributed by atoms with Gasteiger partial charge in [-0.05, 0) is 37.3 Å². The average Bonchev–Trinajstić information content (AvgIpc) is 3.48. The number of hydrogen-bond acceptors (Lipinski definition) is 8. The first-order chi connectivity index (χ1) is 17.4. The second kappa shape index (κ2) is 10.2. The van der Waals surface area contributed by atoms with Gasteiger partial charge in [0.15, 0.2) is 0 Å². The fraction of sp³-hybridized carbons (Fsp3) is 0.174. The van der Waals surface area contributed by atoms with Crippen LogP contribution in [0.5, 0.6) is 0 Å². The van der Waals surface area contributed by atoms with Gasteiger partial charge in [-0.15, -0.1) is 11.3 Å². The molecule has 4 rings (SSSR count). The van der Waals surface area contributed by atoms with Crippen molar-refractivity contribution in [1.29, 1.82) is 0 Å². The van der Waals surface area contributed by atoms with Gasteiger partial charge in [0.2, 0.25) is 9.84 Å². The fourth-order valence-electron chi connectivity index (χ4n) is 3.71. The van der Waals surface area contributed by atoms with Crippen molar-refractivity contribution in [1.82, 2.24) is 20.1 Å². The quantitative estimate of drug-likeness (QED) is 0.296. The van der Waals surface area contributed by atoms with Gasteiger partial charge in [-0.2, -0.15) is 5.10 Å². The summed E-state index contributed by atoms with van der Waals surface area (Å²) in [5.74, 6) is -2.68. The zero-order valence-electron chi connectivity index (χ0n) is 19.1. The second-order valence-corrected chi connectivity index (χ2v) is 11.4. The molecular formula is C23H20ClF2N5O4S2. The van der Waals surface area contributed by atoms with Crippen molar-refractivity contribution >= 4 is 44.4 Å². The van der Waals surface area contributed by atoms with Gasteiger partial charge in [0, 0.05) is 22.0 Å². The molecule has 4 aromatic rings. The third-order valence-electron chi connectivity index (χ3n) is 5.74. The van der Waals surface area contributed by atoms with Crippen LogP contribution >= 0.6 is 22.9 Å². The van der Waals surface area contributed by atoms with E-state index in [1.54, 1.807) is 0 Å². The summed E-state index contributed by atoms with van der Waals surface area (Å²) in [5.41, 5.74) is 3.39. The predicted molar refractivity (Wildman–Crippen MR) is 133 cm³/mol. The number of nitrogen functional groups attached to an aromatic ring is 1. The zero-order chi connectivity index (χ0) is 27.0. The molecule has 0 aliphatic heterocycles.